The first kappa shape index (κ1) is 17.8. The predicted octanol–water partition coefficient (Wildman–Crippen LogP) is 2.44. The zero-order valence-electron chi connectivity index (χ0n) is 13.6. The number of allylic oxidation sites excluding steroid dienone is 1. The molecule has 1 aliphatic rings. The molecule has 2 N–H and O–H groups in total. The van der Waals surface area contributed by atoms with E-state index in [1.165, 1.54) is 39.0 Å². The molecule has 0 fully saturated rings. The number of hydrogen-bond acceptors (Lipinski definition) is 6. The number of benzene rings is 1. The van der Waals surface area contributed by atoms with Crippen molar-refractivity contribution < 1.29 is 24.7 Å². The maximum atomic E-state index is 12.2. The Bertz CT molecular complexity index is 749. The Morgan fingerprint density at radius 2 is 1.96 bits per heavy atom. The van der Waals surface area contributed by atoms with E-state index in [4.69, 9.17) is 0 Å². The first-order chi connectivity index (χ1) is 11.1. The normalized spacial score (nSPS) is 27.0. The number of hydrogen-bond donors (Lipinski definition) is 2. The zero-order chi connectivity index (χ0) is 18.2. The molecule has 7 heteroatoms. The Balaban J connectivity index is 2.73. The van der Waals surface area contributed by atoms with Crippen LogP contribution in [0.25, 0.3) is 0 Å². The van der Waals surface area contributed by atoms with Gasteiger partial charge in [-0.3, -0.25) is 19.7 Å². The first-order valence-electron chi connectivity index (χ1n) is 7.46. The fourth-order valence-electron chi connectivity index (χ4n) is 3.54. The summed E-state index contributed by atoms with van der Waals surface area (Å²) >= 11 is 0. The molecule has 0 radical (unpaired) electrons. The molecule has 0 saturated carbocycles. The van der Waals surface area contributed by atoms with Gasteiger partial charge in [0.25, 0.3) is 5.69 Å². The smallest absolute Gasteiger partial charge is 0.269 e. The Hall–Kier alpha value is -2.54. The highest BCUT2D eigenvalue weighted by Gasteiger charge is 2.49. The third kappa shape index (κ3) is 3.07. The number of non-ortho nitro benzene ring substituents is 1. The third-order valence-corrected chi connectivity index (χ3v) is 4.41. The van der Waals surface area contributed by atoms with Crippen molar-refractivity contribution in [3.8, 4) is 0 Å². The molecule has 0 saturated heterocycles. The summed E-state index contributed by atoms with van der Waals surface area (Å²) in [5, 5.41) is 31.9. The van der Waals surface area contributed by atoms with E-state index < -0.39 is 28.1 Å². The molecule has 0 unspecified atom stereocenters. The van der Waals surface area contributed by atoms with Gasteiger partial charge in [0.1, 0.15) is 11.5 Å². The molecule has 1 aliphatic carbocycles. The van der Waals surface area contributed by atoms with E-state index in [0.29, 0.717) is 5.56 Å². The molecular formula is C17H19NO6. The van der Waals surface area contributed by atoms with E-state index in [0.717, 1.165) is 0 Å². The molecule has 0 aromatic heterocycles. The van der Waals surface area contributed by atoms with Gasteiger partial charge in [0.05, 0.1) is 16.4 Å². The number of carbonyl (C=O) groups excluding carboxylic acids is 2. The van der Waals surface area contributed by atoms with Crippen LogP contribution in [0, 0.1) is 16.0 Å². The maximum absolute atomic E-state index is 12.2. The standard InChI is InChI=1S/C17H19NO6/c1-9(19)14-13(21)8-17(3,22)16(10(2)20)15(14)11-5-4-6-12(7-11)18(23)24/h4-7,15-16,21-22H,8H2,1-3H3/t15-,16-,17-/m0/s1. The van der Waals surface area contributed by atoms with E-state index in [9.17, 15) is 29.9 Å². The molecule has 0 bridgehead atoms. The number of nitro groups is 1. The molecule has 1 aromatic carbocycles. The molecule has 0 heterocycles. The Labute approximate surface area is 138 Å². The Morgan fingerprint density at radius 3 is 2.46 bits per heavy atom. The van der Waals surface area contributed by atoms with Crippen molar-refractivity contribution in [1.82, 2.24) is 0 Å². The third-order valence-electron chi connectivity index (χ3n) is 4.41. The van der Waals surface area contributed by atoms with Crippen molar-refractivity contribution in [3.05, 3.63) is 51.3 Å². The van der Waals surface area contributed by atoms with Crippen molar-refractivity contribution >= 4 is 17.3 Å². The lowest BCUT2D eigenvalue weighted by Gasteiger charge is -2.41. The zero-order valence-corrected chi connectivity index (χ0v) is 13.6. The van der Waals surface area contributed by atoms with Gasteiger partial charge in [-0.05, 0) is 26.3 Å². The largest absolute Gasteiger partial charge is 0.512 e. The molecule has 128 valence electrons. The number of rotatable bonds is 4. The summed E-state index contributed by atoms with van der Waals surface area (Å²) in [7, 11) is 0. The van der Waals surface area contributed by atoms with E-state index in [1.54, 1.807) is 6.07 Å². The van der Waals surface area contributed by atoms with Gasteiger partial charge in [0, 0.05) is 30.0 Å². The number of aliphatic hydroxyl groups excluding tert-OH is 1. The lowest BCUT2D eigenvalue weighted by molar-refractivity contribution is -0.384. The van der Waals surface area contributed by atoms with Crippen LogP contribution in [-0.4, -0.2) is 32.3 Å². The van der Waals surface area contributed by atoms with Crippen molar-refractivity contribution in [3.63, 3.8) is 0 Å². The minimum Gasteiger partial charge on any atom is -0.512 e. The van der Waals surface area contributed by atoms with Crippen LogP contribution in [0.1, 0.15) is 38.7 Å². The lowest BCUT2D eigenvalue weighted by Crippen LogP contribution is -2.47. The molecule has 3 atom stereocenters. The number of Topliss-reactive ketones (excluding diaryl/α,β-unsaturated/α-hetero) is 2. The fourth-order valence-corrected chi connectivity index (χ4v) is 3.54. The second-order valence-corrected chi connectivity index (χ2v) is 6.37. The van der Waals surface area contributed by atoms with Crippen LogP contribution in [0.5, 0.6) is 0 Å². The van der Waals surface area contributed by atoms with Gasteiger partial charge >= 0.3 is 0 Å². The van der Waals surface area contributed by atoms with E-state index in [2.05, 4.69) is 0 Å². The second kappa shape index (κ2) is 6.16. The van der Waals surface area contributed by atoms with Crippen LogP contribution in [0.15, 0.2) is 35.6 Å². The van der Waals surface area contributed by atoms with Crippen LogP contribution in [0.4, 0.5) is 5.69 Å². The topological polar surface area (TPSA) is 118 Å². The minimum atomic E-state index is -1.57. The minimum absolute atomic E-state index is 0.0159. The van der Waals surface area contributed by atoms with Crippen molar-refractivity contribution in [2.24, 2.45) is 5.92 Å². The van der Waals surface area contributed by atoms with E-state index in [1.807, 2.05) is 0 Å². The van der Waals surface area contributed by atoms with Crippen LogP contribution in [0.2, 0.25) is 0 Å². The van der Waals surface area contributed by atoms with Crippen LogP contribution >= 0.6 is 0 Å². The summed E-state index contributed by atoms with van der Waals surface area (Å²) in [5.74, 6) is -3.02. The average Bonchev–Trinajstić information content (AvgIpc) is 2.44. The van der Waals surface area contributed by atoms with Gasteiger partial charge < -0.3 is 10.2 Å². The van der Waals surface area contributed by atoms with Gasteiger partial charge in [0.15, 0.2) is 5.78 Å². The quantitative estimate of drug-likeness (QED) is 0.645. The van der Waals surface area contributed by atoms with Crippen LogP contribution < -0.4 is 0 Å². The summed E-state index contributed by atoms with van der Waals surface area (Å²) < 4.78 is 0. The summed E-state index contributed by atoms with van der Waals surface area (Å²) in [5.41, 5.74) is -1.41. The average molecular weight is 333 g/mol. The van der Waals surface area contributed by atoms with Gasteiger partial charge in [0.2, 0.25) is 0 Å². The van der Waals surface area contributed by atoms with Gasteiger partial charge in [-0.1, -0.05) is 12.1 Å². The Kier molecular flexibility index (Phi) is 4.57. The number of nitrogens with zero attached hydrogens (tertiary/aromatic N) is 1. The SMILES string of the molecule is CC(=O)C1=C(O)C[C@](C)(O)[C@@H](C(C)=O)[C@H]1c1cccc([N+](=O)[O-])c1. The number of carbonyl (C=O) groups is 2. The highest BCUT2D eigenvalue weighted by molar-refractivity contribution is 5.97. The van der Waals surface area contributed by atoms with Crippen molar-refractivity contribution in [1.29, 1.82) is 0 Å². The van der Waals surface area contributed by atoms with Gasteiger partial charge in [-0.2, -0.15) is 0 Å². The lowest BCUT2D eigenvalue weighted by atomic mass is 9.64. The predicted molar refractivity (Wildman–Crippen MR) is 85.6 cm³/mol. The molecule has 24 heavy (non-hydrogen) atoms. The number of aliphatic hydroxyl groups is 2. The highest BCUT2D eigenvalue weighted by atomic mass is 16.6. The molecule has 7 nitrogen and oxygen atoms in total. The number of nitro benzene ring substituents is 1. The molecular weight excluding hydrogens is 314 g/mol. The summed E-state index contributed by atoms with van der Waals surface area (Å²) in [6, 6.07) is 5.55. The highest BCUT2D eigenvalue weighted by Crippen LogP contribution is 2.47. The second-order valence-electron chi connectivity index (χ2n) is 6.37. The van der Waals surface area contributed by atoms with Gasteiger partial charge in [-0.15, -0.1) is 0 Å². The summed E-state index contributed by atoms with van der Waals surface area (Å²) in [4.78, 5) is 34.7. The van der Waals surface area contributed by atoms with E-state index in [-0.39, 0.29) is 29.2 Å². The van der Waals surface area contributed by atoms with Gasteiger partial charge in [-0.25, -0.2) is 0 Å². The van der Waals surface area contributed by atoms with E-state index >= 15 is 0 Å². The van der Waals surface area contributed by atoms with Crippen molar-refractivity contribution in [2.45, 2.75) is 38.7 Å². The molecule has 0 amide bonds. The summed E-state index contributed by atoms with van der Waals surface area (Å²) in [6.45, 7) is 3.97. The molecule has 0 aliphatic heterocycles. The maximum Gasteiger partial charge on any atom is 0.269 e. The monoisotopic (exact) mass is 333 g/mol. The Morgan fingerprint density at radius 1 is 1.33 bits per heavy atom. The van der Waals surface area contributed by atoms with Crippen LogP contribution in [-0.2, 0) is 9.59 Å². The fraction of sp³-hybridized carbons (Fsp3) is 0.412. The molecule has 2 rings (SSSR count). The first-order valence-corrected chi connectivity index (χ1v) is 7.46. The molecule has 0 spiro atoms. The van der Waals surface area contributed by atoms with Crippen LogP contribution in [0.3, 0.4) is 0 Å². The molecule has 1 aromatic rings. The summed E-state index contributed by atoms with van der Waals surface area (Å²) in [6.07, 6.45) is -0.225. The van der Waals surface area contributed by atoms with Crippen molar-refractivity contribution in [2.75, 3.05) is 0 Å². The number of ketones is 2.